The van der Waals surface area contributed by atoms with Crippen LogP contribution in [0.1, 0.15) is 15.9 Å². The van der Waals surface area contributed by atoms with Gasteiger partial charge in [0.1, 0.15) is 0 Å². The predicted octanol–water partition coefficient (Wildman–Crippen LogP) is 0.488. The monoisotopic (exact) mass is 262 g/mol. The number of ether oxygens (including phenoxy) is 1. The molecule has 0 spiro atoms. The Morgan fingerprint density at radius 3 is 3.26 bits per heavy atom. The molecule has 1 saturated heterocycles. The van der Waals surface area contributed by atoms with Gasteiger partial charge in [-0.1, -0.05) is 6.07 Å². The molecule has 1 aromatic carbocycles. The molecule has 1 atom stereocenters. The van der Waals surface area contributed by atoms with Gasteiger partial charge in [0.05, 0.1) is 19.3 Å². The van der Waals surface area contributed by atoms with Crippen molar-refractivity contribution in [3.8, 4) is 0 Å². The number of anilines is 1. The molecule has 102 valence electrons. The second-order valence-corrected chi connectivity index (χ2v) is 4.98. The highest BCUT2D eigenvalue weighted by Crippen LogP contribution is 2.24. The van der Waals surface area contributed by atoms with E-state index in [9.17, 15) is 4.79 Å². The van der Waals surface area contributed by atoms with Crippen molar-refractivity contribution in [3.05, 3.63) is 29.3 Å². The fourth-order valence-corrected chi connectivity index (χ4v) is 2.62. The maximum atomic E-state index is 12.4. The minimum absolute atomic E-state index is 0.0123. The van der Waals surface area contributed by atoms with E-state index in [4.69, 9.17) is 9.84 Å². The number of fused-ring (bicyclic) bond motifs is 1. The van der Waals surface area contributed by atoms with Gasteiger partial charge in [0.15, 0.2) is 0 Å². The van der Waals surface area contributed by atoms with Crippen molar-refractivity contribution < 1.29 is 14.6 Å². The highest BCUT2D eigenvalue weighted by atomic mass is 16.5. The Balaban J connectivity index is 1.76. The molecule has 5 heteroatoms. The number of aliphatic hydroxyl groups excluding tert-OH is 1. The van der Waals surface area contributed by atoms with Crippen molar-refractivity contribution in [1.29, 1.82) is 0 Å². The number of hydrogen-bond donors (Lipinski definition) is 2. The van der Waals surface area contributed by atoms with E-state index in [2.05, 4.69) is 5.32 Å². The van der Waals surface area contributed by atoms with Gasteiger partial charge in [0, 0.05) is 30.9 Å². The van der Waals surface area contributed by atoms with Gasteiger partial charge in [0.25, 0.3) is 5.91 Å². The van der Waals surface area contributed by atoms with Gasteiger partial charge < -0.3 is 20.1 Å². The van der Waals surface area contributed by atoms with Crippen LogP contribution in [0.4, 0.5) is 5.69 Å². The average molecular weight is 262 g/mol. The highest BCUT2D eigenvalue weighted by Gasteiger charge is 2.25. The molecule has 2 N–H and O–H groups in total. The van der Waals surface area contributed by atoms with Crippen LogP contribution in [-0.2, 0) is 11.2 Å². The lowest BCUT2D eigenvalue weighted by molar-refractivity contribution is -0.0447. The molecule has 5 nitrogen and oxygen atoms in total. The van der Waals surface area contributed by atoms with E-state index >= 15 is 0 Å². The molecule has 0 aromatic heterocycles. The van der Waals surface area contributed by atoms with Crippen LogP contribution in [-0.4, -0.2) is 54.9 Å². The summed E-state index contributed by atoms with van der Waals surface area (Å²) in [6.45, 7) is 2.42. The zero-order chi connectivity index (χ0) is 13.2. The maximum Gasteiger partial charge on any atom is 0.254 e. The van der Waals surface area contributed by atoms with Crippen LogP contribution >= 0.6 is 0 Å². The summed E-state index contributed by atoms with van der Waals surface area (Å²) in [5, 5.41) is 12.4. The first-order valence-electron chi connectivity index (χ1n) is 6.66. The molecule has 1 fully saturated rings. The Morgan fingerprint density at radius 1 is 1.53 bits per heavy atom. The number of carbonyl (C=O) groups is 1. The van der Waals surface area contributed by atoms with Crippen LogP contribution in [0.2, 0.25) is 0 Å². The number of nitrogens with one attached hydrogen (secondary N) is 1. The molecule has 0 aliphatic carbocycles. The third-order valence-corrected chi connectivity index (χ3v) is 3.70. The van der Waals surface area contributed by atoms with Gasteiger partial charge in [0.2, 0.25) is 0 Å². The van der Waals surface area contributed by atoms with Crippen LogP contribution in [0.15, 0.2) is 18.2 Å². The lowest BCUT2D eigenvalue weighted by atomic mass is 10.1. The summed E-state index contributed by atoms with van der Waals surface area (Å²) in [6.07, 6.45) is 0.763. The third-order valence-electron chi connectivity index (χ3n) is 3.70. The fraction of sp³-hybridized carbons (Fsp3) is 0.500. The quantitative estimate of drug-likeness (QED) is 0.814. The predicted molar refractivity (Wildman–Crippen MR) is 71.4 cm³/mol. The summed E-state index contributed by atoms with van der Waals surface area (Å²) in [5.41, 5.74) is 3.04. The first-order chi connectivity index (χ1) is 9.28. The van der Waals surface area contributed by atoms with E-state index in [-0.39, 0.29) is 18.6 Å². The second kappa shape index (κ2) is 5.19. The van der Waals surface area contributed by atoms with Gasteiger partial charge in [-0.05, 0) is 24.1 Å². The number of hydrogen-bond acceptors (Lipinski definition) is 4. The zero-order valence-corrected chi connectivity index (χ0v) is 10.8. The normalized spacial score (nSPS) is 21.9. The molecule has 2 aliphatic heterocycles. The number of carbonyl (C=O) groups excluding carboxylic acids is 1. The summed E-state index contributed by atoms with van der Waals surface area (Å²) in [6, 6.07) is 5.83. The Kier molecular flexibility index (Phi) is 3.40. The molecule has 2 aliphatic rings. The number of amides is 1. The molecule has 1 aromatic rings. The molecule has 3 rings (SSSR count). The Morgan fingerprint density at radius 2 is 2.42 bits per heavy atom. The van der Waals surface area contributed by atoms with Crippen molar-refractivity contribution >= 4 is 11.6 Å². The lowest BCUT2D eigenvalue weighted by Gasteiger charge is -2.32. The molecule has 19 heavy (non-hydrogen) atoms. The minimum Gasteiger partial charge on any atom is -0.394 e. The van der Waals surface area contributed by atoms with Crippen molar-refractivity contribution in [2.45, 2.75) is 12.5 Å². The Bertz CT molecular complexity index is 490. The zero-order valence-electron chi connectivity index (χ0n) is 10.8. The smallest absolute Gasteiger partial charge is 0.254 e. The third kappa shape index (κ3) is 2.43. The fourth-order valence-electron chi connectivity index (χ4n) is 2.62. The summed E-state index contributed by atoms with van der Waals surface area (Å²) in [4.78, 5) is 14.2. The highest BCUT2D eigenvalue weighted by molar-refractivity contribution is 5.95. The Labute approximate surface area is 112 Å². The number of benzene rings is 1. The first kappa shape index (κ1) is 12.4. The van der Waals surface area contributed by atoms with Gasteiger partial charge in [-0.3, -0.25) is 4.79 Å². The lowest BCUT2D eigenvalue weighted by Crippen LogP contribution is -2.46. The van der Waals surface area contributed by atoms with Gasteiger partial charge >= 0.3 is 0 Å². The summed E-state index contributed by atoms with van der Waals surface area (Å²) >= 11 is 0. The topological polar surface area (TPSA) is 61.8 Å². The SMILES string of the molecule is O=C(c1ccc2c(c1)NCC2)N1CCOC(CO)C1. The number of rotatable bonds is 2. The standard InChI is InChI=1S/C14H18N2O3/c17-9-12-8-16(5-6-19-12)14(18)11-2-1-10-3-4-15-13(10)7-11/h1-2,7,12,15,17H,3-6,8-9H2. The molecule has 0 radical (unpaired) electrons. The summed E-state index contributed by atoms with van der Waals surface area (Å²) in [7, 11) is 0. The van der Waals surface area contributed by atoms with Crippen molar-refractivity contribution in [1.82, 2.24) is 4.90 Å². The van der Waals surface area contributed by atoms with Crippen LogP contribution in [0.25, 0.3) is 0 Å². The molecule has 2 heterocycles. The van der Waals surface area contributed by atoms with Crippen molar-refractivity contribution in [3.63, 3.8) is 0 Å². The molecule has 1 amide bonds. The van der Waals surface area contributed by atoms with E-state index < -0.39 is 0 Å². The van der Waals surface area contributed by atoms with Crippen LogP contribution in [0.5, 0.6) is 0 Å². The Hall–Kier alpha value is -1.59. The van der Waals surface area contributed by atoms with E-state index in [1.54, 1.807) is 4.90 Å². The minimum atomic E-state index is -0.259. The number of morpholine rings is 1. The van der Waals surface area contributed by atoms with Crippen LogP contribution in [0.3, 0.4) is 0 Å². The molecule has 1 unspecified atom stereocenters. The van der Waals surface area contributed by atoms with Gasteiger partial charge in [-0.2, -0.15) is 0 Å². The van der Waals surface area contributed by atoms with E-state index in [1.165, 1.54) is 5.56 Å². The van der Waals surface area contributed by atoms with Gasteiger partial charge in [-0.15, -0.1) is 0 Å². The van der Waals surface area contributed by atoms with E-state index in [1.807, 2.05) is 18.2 Å². The summed E-state index contributed by atoms with van der Waals surface area (Å²) in [5.74, 6) is 0.0123. The molecular weight excluding hydrogens is 244 g/mol. The molecular formula is C14H18N2O3. The van der Waals surface area contributed by atoms with Crippen LogP contribution in [0, 0.1) is 0 Å². The van der Waals surface area contributed by atoms with E-state index in [0.29, 0.717) is 25.3 Å². The second-order valence-electron chi connectivity index (χ2n) is 4.98. The van der Waals surface area contributed by atoms with E-state index in [0.717, 1.165) is 18.7 Å². The summed E-state index contributed by atoms with van der Waals surface area (Å²) < 4.78 is 5.36. The largest absolute Gasteiger partial charge is 0.394 e. The molecule has 0 saturated carbocycles. The number of nitrogens with zero attached hydrogens (tertiary/aromatic N) is 1. The van der Waals surface area contributed by atoms with Crippen LogP contribution < -0.4 is 5.32 Å². The average Bonchev–Trinajstić information content (AvgIpc) is 2.94. The molecule has 0 bridgehead atoms. The first-order valence-corrected chi connectivity index (χ1v) is 6.66. The van der Waals surface area contributed by atoms with Crippen molar-refractivity contribution in [2.24, 2.45) is 0 Å². The van der Waals surface area contributed by atoms with Gasteiger partial charge in [-0.25, -0.2) is 0 Å². The maximum absolute atomic E-state index is 12.4. The van der Waals surface area contributed by atoms with Crippen molar-refractivity contribution in [2.75, 3.05) is 38.2 Å². The number of aliphatic hydroxyl groups is 1.